The first-order chi connectivity index (χ1) is 8.74. The third-order valence-electron chi connectivity index (χ3n) is 3.95. The van der Waals surface area contributed by atoms with Gasteiger partial charge in [0.05, 0.1) is 0 Å². The van der Waals surface area contributed by atoms with Gasteiger partial charge in [-0.3, -0.25) is 4.79 Å². The molecule has 2 aliphatic rings. The molecule has 1 heterocycles. The number of allylic oxidation sites excluding steroid dienone is 4. The maximum atomic E-state index is 12.4. The number of nitrogens with one attached hydrogen (secondary N) is 2. The normalized spacial score (nSPS) is 30.4. The van der Waals surface area contributed by atoms with Gasteiger partial charge in [0.15, 0.2) is 4.77 Å². The van der Waals surface area contributed by atoms with Gasteiger partial charge in [-0.15, -0.1) is 0 Å². The molecule has 0 aromatic carbocycles. The van der Waals surface area contributed by atoms with E-state index in [0.717, 1.165) is 25.0 Å². The standard InChI is InChI=1S/C14H16N2OS/c17-13-10(7-11-8-15-14(18)16-11)6-5-9-3-1-2-4-12(9)13/h1-4,8-10,12H,5-7H2,(H2,15,16,18). The van der Waals surface area contributed by atoms with E-state index >= 15 is 0 Å². The van der Waals surface area contributed by atoms with Gasteiger partial charge in [0.2, 0.25) is 0 Å². The Bertz CT molecular complexity index is 566. The van der Waals surface area contributed by atoms with Crippen LogP contribution in [-0.4, -0.2) is 15.8 Å². The van der Waals surface area contributed by atoms with Crippen LogP contribution in [-0.2, 0) is 11.2 Å². The molecule has 0 aliphatic heterocycles. The molecule has 0 radical (unpaired) electrons. The molecular formula is C14H16N2OS. The molecule has 1 aromatic rings. The lowest BCUT2D eigenvalue weighted by Gasteiger charge is -2.32. The lowest BCUT2D eigenvalue weighted by Crippen LogP contribution is -2.35. The van der Waals surface area contributed by atoms with Crippen LogP contribution in [0.1, 0.15) is 18.5 Å². The van der Waals surface area contributed by atoms with E-state index in [-0.39, 0.29) is 11.8 Å². The van der Waals surface area contributed by atoms with Gasteiger partial charge >= 0.3 is 0 Å². The van der Waals surface area contributed by atoms with E-state index in [1.165, 1.54) is 0 Å². The summed E-state index contributed by atoms with van der Waals surface area (Å²) >= 11 is 5.01. The zero-order valence-corrected chi connectivity index (χ0v) is 10.9. The molecular weight excluding hydrogens is 244 g/mol. The Morgan fingerprint density at radius 3 is 2.89 bits per heavy atom. The van der Waals surface area contributed by atoms with Crippen molar-refractivity contribution in [3.63, 3.8) is 0 Å². The van der Waals surface area contributed by atoms with Gasteiger partial charge in [-0.25, -0.2) is 0 Å². The molecule has 3 rings (SSSR count). The van der Waals surface area contributed by atoms with Gasteiger partial charge in [0, 0.05) is 23.7 Å². The third kappa shape index (κ3) is 2.12. The van der Waals surface area contributed by atoms with E-state index in [9.17, 15) is 4.79 Å². The van der Waals surface area contributed by atoms with Gasteiger partial charge in [0.25, 0.3) is 0 Å². The summed E-state index contributed by atoms with van der Waals surface area (Å²) in [5.41, 5.74) is 1.03. The largest absolute Gasteiger partial charge is 0.337 e. The van der Waals surface area contributed by atoms with Crippen LogP contribution in [0.4, 0.5) is 0 Å². The predicted molar refractivity (Wildman–Crippen MR) is 72.7 cm³/mol. The number of Topliss-reactive ketones (excluding diaryl/α,β-unsaturated/α-hetero) is 1. The van der Waals surface area contributed by atoms with Crippen LogP contribution in [0.3, 0.4) is 0 Å². The summed E-state index contributed by atoms with van der Waals surface area (Å²) in [6.45, 7) is 0. The Labute approximate surface area is 111 Å². The van der Waals surface area contributed by atoms with Crippen molar-refractivity contribution < 1.29 is 4.79 Å². The number of H-pyrrole nitrogens is 2. The zero-order chi connectivity index (χ0) is 12.5. The summed E-state index contributed by atoms with van der Waals surface area (Å²) in [6, 6.07) is 0. The lowest BCUT2D eigenvalue weighted by atomic mass is 9.70. The van der Waals surface area contributed by atoms with Gasteiger partial charge in [0.1, 0.15) is 5.78 Å². The van der Waals surface area contributed by atoms with Crippen molar-refractivity contribution in [3.05, 3.63) is 41.0 Å². The summed E-state index contributed by atoms with van der Waals surface area (Å²) in [5.74, 6) is 1.02. The highest BCUT2D eigenvalue weighted by atomic mass is 32.1. The van der Waals surface area contributed by atoms with Crippen molar-refractivity contribution in [2.45, 2.75) is 19.3 Å². The lowest BCUT2D eigenvalue weighted by molar-refractivity contribution is -0.128. The van der Waals surface area contributed by atoms with Crippen LogP contribution in [0.5, 0.6) is 0 Å². The SMILES string of the molecule is O=C1C(Cc2c[nH]c(=S)[nH]2)CCC2C=CC=CC12. The van der Waals surface area contributed by atoms with Gasteiger partial charge in [-0.05, 0) is 37.4 Å². The maximum Gasteiger partial charge on any atom is 0.174 e. The maximum absolute atomic E-state index is 12.4. The molecule has 0 saturated heterocycles. The topological polar surface area (TPSA) is 48.6 Å². The quantitative estimate of drug-likeness (QED) is 0.803. The van der Waals surface area contributed by atoms with Crippen molar-refractivity contribution >= 4 is 18.0 Å². The number of hydrogen-bond acceptors (Lipinski definition) is 2. The Morgan fingerprint density at radius 2 is 2.11 bits per heavy atom. The van der Waals surface area contributed by atoms with Crippen LogP contribution < -0.4 is 0 Å². The van der Waals surface area contributed by atoms with E-state index in [1.54, 1.807) is 0 Å². The Kier molecular flexibility index (Phi) is 3.04. The second-order valence-corrected chi connectivity index (χ2v) is 5.52. The minimum absolute atomic E-state index is 0.0932. The predicted octanol–water partition coefficient (Wildman–Crippen LogP) is 2.95. The molecule has 4 heteroatoms. The minimum atomic E-state index is 0.0932. The second kappa shape index (κ2) is 4.69. The fourth-order valence-electron chi connectivity index (χ4n) is 2.99. The first kappa shape index (κ1) is 11.7. The van der Waals surface area contributed by atoms with Crippen LogP contribution in [0.15, 0.2) is 30.5 Å². The number of aromatic amines is 2. The average molecular weight is 260 g/mol. The molecule has 94 valence electrons. The molecule has 3 atom stereocenters. The summed E-state index contributed by atoms with van der Waals surface area (Å²) in [5, 5.41) is 0. The van der Waals surface area contributed by atoms with Crippen LogP contribution in [0.25, 0.3) is 0 Å². The van der Waals surface area contributed by atoms with Gasteiger partial charge in [-0.1, -0.05) is 24.3 Å². The Hall–Kier alpha value is -1.42. The fraction of sp³-hybridized carbons (Fsp3) is 0.429. The van der Waals surface area contributed by atoms with Crippen molar-refractivity contribution in [1.82, 2.24) is 9.97 Å². The smallest absolute Gasteiger partial charge is 0.174 e. The number of aromatic nitrogens is 2. The summed E-state index contributed by atoms with van der Waals surface area (Å²) < 4.78 is 0.631. The van der Waals surface area contributed by atoms with Crippen LogP contribution in [0, 0.1) is 22.5 Å². The van der Waals surface area contributed by atoms with Crippen LogP contribution >= 0.6 is 12.2 Å². The van der Waals surface area contributed by atoms with Gasteiger partial charge < -0.3 is 9.97 Å². The van der Waals surface area contributed by atoms with Crippen molar-refractivity contribution in [1.29, 1.82) is 0 Å². The molecule has 0 spiro atoms. The van der Waals surface area contributed by atoms with E-state index in [1.807, 2.05) is 12.3 Å². The fourth-order valence-corrected chi connectivity index (χ4v) is 3.18. The molecule has 3 unspecified atom stereocenters. The highest BCUT2D eigenvalue weighted by Crippen LogP contribution is 2.35. The summed E-state index contributed by atoms with van der Waals surface area (Å²) in [6.07, 6.45) is 13.0. The van der Waals surface area contributed by atoms with Crippen molar-refractivity contribution in [2.24, 2.45) is 17.8 Å². The molecule has 0 amide bonds. The van der Waals surface area contributed by atoms with Crippen molar-refractivity contribution in [3.8, 4) is 0 Å². The number of fused-ring (bicyclic) bond motifs is 1. The second-order valence-electron chi connectivity index (χ2n) is 5.11. The molecule has 2 N–H and O–H groups in total. The molecule has 2 aliphatic carbocycles. The number of rotatable bonds is 2. The molecule has 18 heavy (non-hydrogen) atoms. The Balaban J connectivity index is 1.75. The van der Waals surface area contributed by atoms with Gasteiger partial charge in [-0.2, -0.15) is 0 Å². The number of ketones is 1. The van der Waals surface area contributed by atoms with Crippen LogP contribution in [0.2, 0.25) is 0 Å². The monoisotopic (exact) mass is 260 g/mol. The molecule has 1 aromatic heterocycles. The average Bonchev–Trinajstić information content (AvgIpc) is 2.79. The highest BCUT2D eigenvalue weighted by molar-refractivity contribution is 7.71. The summed E-state index contributed by atoms with van der Waals surface area (Å²) in [4.78, 5) is 18.5. The Morgan fingerprint density at radius 1 is 1.28 bits per heavy atom. The molecule has 3 nitrogen and oxygen atoms in total. The minimum Gasteiger partial charge on any atom is -0.337 e. The first-order valence-electron chi connectivity index (χ1n) is 6.39. The van der Waals surface area contributed by atoms with E-state index in [2.05, 4.69) is 28.2 Å². The summed E-state index contributed by atoms with van der Waals surface area (Å²) in [7, 11) is 0. The first-order valence-corrected chi connectivity index (χ1v) is 6.80. The van der Waals surface area contributed by atoms with E-state index < -0.39 is 0 Å². The third-order valence-corrected chi connectivity index (χ3v) is 4.17. The highest BCUT2D eigenvalue weighted by Gasteiger charge is 2.36. The molecule has 0 bridgehead atoms. The van der Waals surface area contributed by atoms with Crippen molar-refractivity contribution in [2.75, 3.05) is 0 Å². The van der Waals surface area contributed by atoms with E-state index in [0.29, 0.717) is 16.5 Å². The van der Waals surface area contributed by atoms with E-state index in [4.69, 9.17) is 12.2 Å². The number of hydrogen-bond donors (Lipinski definition) is 2. The number of carbonyl (C=O) groups is 1. The molecule has 1 saturated carbocycles. The molecule has 1 fully saturated rings. The zero-order valence-electron chi connectivity index (χ0n) is 10.1. The number of carbonyl (C=O) groups excluding carboxylic acids is 1. The number of imidazole rings is 1.